The molecule has 0 spiro atoms. The minimum atomic E-state index is -4.50. The highest BCUT2D eigenvalue weighted by Gasteiger charge is 2.34. The van der Waals surface area contributed by atoms with Gasteiger partial charge in [0.1, 0.15) is 0 Å². The highest BCUT2D eigenvalue weighted by Crippen LogP contribution is 2.31. The first-order chi connectivity index (χ1) is 14.1. The second kappa shape index (κ2) is 7.08. The molecular weight excluding hydrogens is 393 g/mol. The molecule has 0 amide bonds. The van der Waals surface area contributed by atoms with Crippen LogP contribution in [-0.4, -0.2) is 29.5 Å². The molecule has 4 rings (SSSR count). The van der Waals surface area contributed by atoms with Crippen LogP contribution in [0.4, 0.5) is 13.2 Å². The first kappa shape index (κ1) is 19.8. The average molecular weight is 412 g/mol. The maximum absolute atomic E-state index is 12.9. The van der Waals surface area contributed by atoms with Crippen LogP contribution in [0.5, 0.6) is 0 Å². The van der Waals surface area contributed by atoms with Crippen molar-refractivity contribution in [3.8, 4) is 11.6 Å². The Morgan fingerprint density at radius 3 is 1.70 bits per heavy atom. The molecule has 0 saturated carbocycles. The van der Waals surface area contributed by atoms with Crippen LogP contribution in [0.2, 0.25) is 0 Å². The van der Waals surface area contributed by atoms with Gasteiger partial charge in [0.05, 0.1) is 17.1 Å². The SMILES string of the molecule is Cc1ccn(-c2cccc(C(C)(C)c3cccc(-n4ccc(C(F)(F)F)n4)n3)n2)n1. The molecule has 0 atom stereocenters. The largest absolute Gasteiger partial charge is 0.435 e. The number of hydrogen-bond donors (Lipinski definition) is 0. The lowest BCUT2D eigenvalue weighted by Gasteiger charge is -2.24. The zero-order chi connectivity index (χ0) is 21.5. The molecule has 0 aromatic carbocycles. The molecule has 154 valence electrons. The third-order valence-electron chi connectivity index (χ3n) is 4.82. The van der Waals surface area contributed by atoms with Crippen molar-refractivity contribution in [2.24, 2.45) is 0 Å². The Hall–Kier alpha value is -3.49. The number of aryl methyl sites for hydroxylation is 1. The van der Waals surface area contributed by atoms with Crippen molar-refractivity contribution in [2.45, 2.75) is 32.4 Å². The van der Waals surface area contributed by atoms with Crippen LogP contribution in [0.15, 0.2) is 60.9 Å². The predicted molar refractivity (Wildman–Crippen MR) is 105 cm³/mol. The lowest BCUT2D eigenvalue weighted by Crippen LogP contribution is -2.23. The second-order valence-corrected chi connectivity index (χ2v) is 7.43. The molecule has 30 heavy (non-hydrogen) atoms. The van der Waals surface area contributed by atoms with Gasteiger partial charge in [0.15, 0.2) is 17.3 Å². The summed E-state index contributed by atoms with van der Waals surface area (Å²) in [5.41, 5.74) is 0.736. The van der Waals surface area contributed by atoms with E-state index >= 15 is 0 Å². The van der Waals surface area contributed by atoms with E-state index in [1.807, 2.05) is 57.3 Å². The minimum Gasteiger partial charge on any atom is -0.233 e. The third-order valence-corrected chi connectivity index (χ3v) is 4.82. The van der Waals surface area contributed by atoms with Gasteiger partial charge in [-0.3, -0.25) is 0 Å². The highest BCUT2D eigenvalue weighted by molar-refractivity contribution is 5.36. The van der Waals surface area contributed by atoms with Crippen LogP contribution in [0.25, 0.3) is 11.6 Å². The first-order valence-electron chi connectivity index (χ1n) is 9.25. The van der Waals surface area contributed by atoms with Gasteiger partial charge >= 0.3 is 6.18 Å². The van der Waals surface area contributed by atoms with Gasteiger partial charge in [-0.15, -0.1) is 0 Å². The maximum atomic E-state index is 12.9. The standard InChI is InChI=1S/C21H19F3N6/c1-14-10-12-29(27-14)18-8-4-6-15(25-18)20(2,3)16-7-5-9-19(26-16)30-13-11-17(28-30)21(22,23)24/h4-13H,1-3H3. The minimum absolute atomic E-state index is 0.301. The van der Waals surface area contributed by atoms with Crippen LogP contribution in [0.3, 0.4) is 0 Å². The molecular formula is C21H19F3N6. The van der Waals surface area contributed by atoms with E-state index in [9.17, 15) is 13.2 Å². The smallest absolute Gasteiger partial charge is 0.233 e. The van der Waals surface area contributed by atoms with E-state index in [1.165, 1.54) is 6.20 Å². The Labute approximate surface area is 171 Å². The number of nitrogens with zero attached hydrogens (tertiary/aromatic N) is 6. The molecule has 9 heteroatoms. The summed E-state index contributed by atoms with van der Waals surface area (Å²) in [6, 6.07) is 13.6. The molecule has 0 aliphatic rings. The van der Waals surface area contributed by atoms with Gasteiger partial charge in [0, 0.05) is 17.8 Å². The molecule has 0 fully saturated rings. The van der Waals surface area contributed by atoms with E-state index in [1.54, 1.807) is 16.8 Å². The Balaban J connectivity index is 1.70. The van der Waals surface area contributed by atoms with E-state index in [2.05, 4.69) is 15.2 Å². The van der Waals surface area contributed by atoms with Gasteiger partial charge in [-0.2, -0.15) is 23.4 Å². The molecule has 0 aliphatic heterocycles. The zero-order valence-corrected chi connectivity index (χ0v) is 16.6. The summed E-state index contributed by atoms with van der Waals surface area (Å²) in [5, 5.41) is 7.99. The molecule has 0 bridgehead atoms. The number of alkyl halides is 3. The number of pyridine rings is 2. The monoisotopic (exact) mass is 412 g/mol. The van der Waals surface area contributed by atoms with Crippen molar-refractivity contribution < 1.29 is 13.2 Å². The summed E-state index contributed by atoms with van der Waals surface area (Å²) in [6.07, 6.45) is -1.42. The molecule has 0 aliphatic carbocycles. The van der Waals surface area contributed by atoms with Crippen LogP contribution in [0, 0.1) is 6.92 Å². The van der Waals surface area contributed by atoms with E-state index in [4.69, 9.17) is 4.98 Å². The van der Waals surface area contributed by atoms with Crippen LogP contribution >= 0.6 is 0 Å². The predicted octanol–water partition coefficient (Wildman–Crippen LogP) is 4.50. The summed E-state index contributed by atoms with van der Waals surface area (Å²) >= 11 is 0. The summed E-state index contributed by atoms with van der Waals surface area (Å²) in [5.74, 6) is 0.974. The van der Waals surface area contributed by atoms with Gasteiger partial charge < -0.3 is 0 Å². The fourth-order valence-electron chi connectivity index (χ4n) is 3.07. The van der Waals surface area contributed by atoms with Crippen molar-refractivity contribution in [1.29, 1.82) is 0 Å². The Kier molecular flexibility index (Phi) is 4.68. The lowest BCUT2D eigenvalue weighted by molar-refractivity contribution is -0.141. The summed E-state index contributed by atoms with van der Waals surface area (Å²) in [4.78, 5) is 9.30. The van der Waals surface area contributed by atoms with Crippen molar-refractivity contribution in [3.63, 3.8) is 0 Å². The van der Waals surface area contributed by atoms with Gasteiger partial charge in [-0.05, 0) is 57.2 Å². The van der Waals surface area contributed by atoms with Crippen molar-refractivity contribution in [2.75, 3.05) is 0 Å². The van der Waals surface area contributed by atoms with Crippen LogP contribution in [-0.2, 0) is 11.6 Å². The van der Waals surface area contributed by atoms with Crippen molar-refractivity contribution in [1.82, 2.24) is 29.5 Å². The van der Waals surface area contributed by atoms with Gasteiger partial charge in [-0.25, -0.2) is 19.3 Å². The molecule has 4 aromatic rings. The third kappa shape index (κ3) is 3.70. The van der Waals surface area contributed by atoms with Gasteiger partial charge in [0.25, 0.3) is 0 Å². The van der Waals surface area contributed by atoms with Crippen LogP contribution < -0.4 is 0 Å². The number of hydrogen-bond acceptors (Lipinski definition) is 4. The Morgan fingerprint density at radius 1 is 0.700 bits per heavy atom. The molecule has 6 nitrogen and oxygen atoms in total. The second-order valence-electron chi connectivity index (χ2n) is 7.43. The van der Waals surface area contributed by atoms with Gasteiger partial charge in [-0.1, -0.05) is 12.1 Å². The molecule has 0 saturated heterocycles. The molecule has 0 unspecified atom stereocenters. The molecule has 0 N–H and O–H groups in total. The number of rotatable bonds is 4. The molecule has 4 heterocycles. The van der Waals surface area contributed by atoms with E-state index in [0.29, 0.717) is 17.3 Å². The summed E-state index contributed by atoms with van der Waals surface area (Å²) in [7, 11) is 0. The molecule has 4 aromatic heterocycles. The van der Waals surface area contributed by atoms with Crippen molar-refractivity contribution >= 4 is 0 Å². The summed E-state index contributed by atoms with van der Waals surface area (Å²) < 4.78 is 41.4. The topological polar surface area (TPSA) is 61.4 Å². The zero-order valence-electron chi connectivity index (χ0n) is 16.6. The normalized spacial score (nSPS) is 12.3. The van der Waals surface area contributed by atoms with E-state index in [-0.39, 0.29) is 0 Å². The highest BCUT2D eigenvalue weighted by atomic mass is 19.4. The molecule has 0 radical (unpaired) electrons. The Bertz CT molecular complexity index is 1190. The number of aromatic nitrogens is 6. The van der Waals surface area contributed by atoms with Crippen LogP contribution in [0.1, 0.15) is 36.6 Å². The lowest BCUT2D eigenvalue weighted by atomic mass is 9.84. The van der Waals surface area contributed by atoms with Gasteiger partial charge in [0.2, 0.25) is 0 Å². The fourth-order valence-corrected chi connectivity index (χ4v) is 3.07. The first-order valence-corrected chi connectivity index (χ1v) is 9.25. The Morgan fingerprint density at radius 2 is 1.23 bits per heavy atom. The fraction of sp³-hybridized carbons (Fsp3) is 0.238. The summed E-state index contributed by atoms with van der Waals surface area (Å²) in [6.45, 7) is 5.83. The number of halogens is 3. The van der Waals surface area contributed by atoms with E-state index in [0.717, 1.165) is 22.1 Å². The average Bonchev–Trinajstić information content (AvgIpc) is 3.37. The van der Waals surface area contributed by atoms with E-state index < -0.39 is 17.3 Å². The quantitative estimate of drug-likeness (QED) is 0.495. The van der Waals surface area contributed by atoms with Crippen molar-refractivity contribution in [3.05, 3.63) is 83.7 Å². The maximum Gasteiger partial charge on any atom is 0.435 e.